The van der Waals surface area contributed by atoms with E-state index < -0.39 is 11.9 Å². The van der Waals surface area contributed by atoms with Crippen molar-refractivity contribution in [3.63, 3.8) is 0 Å². The van der Waals surface area contributed by atoms with E-state index in [0.29, 0.717) is 26.4 Å². The molecule has 0 radical (unpaired) electrons. The van der Waals surface area contributed by atoms with Crippen molar-refractivity contribution in [1.29, 1.82) is 0 Å². The van der Waals surface area contributed by atoms with Crippen LogP contribution in [0.25, 0.3) is 11.4 Å². The molecular weight excluding hydrogens is 499 g/mol. The minimum Gasteiger partial charge on any atom is -0.301 e. The minimum atomic E-state index is -4.59. The second-order valence-corrected chi connectivity index (χ2v) is 7.89. The number of aromatic nitrogens is 5. The first-order valence-electron chi connectivity index (χ1n) is 8.79. The van der Waals surface area contributed by atoms with Gasteiger partial charge >= 0.3 is 6.18 Å². The number of imidazole rings is 1. The van der Waals surface area contributed by atoms with Crippen LogP contribution >= 0.6 is 27.5 Å². The highest BCUT2D eigenvalue weighted by Gasteiger charge is 2.34. The fourth-order valence-electron chi connectivity index (χ4n) is 3.04. The zero-order chi connectivity index (χ0) is 22.3. The highest BCUT2D eigenvalue weighted by atomic mass is 79.9. The number of rotatable bonds is 4. The van der Waals surface area contributed by atoms with Gasteiger partial charge in [-0.1, -0.05) is 32.7 Å². The lowest BCUT2D eigenvalue weighted by molar-refractivity contribution is -0.141. The Kier molecular flexibility index (Phi) is 5.44. The molecule has 158 valence electrons. The summed E-state index contributed by atoms with van der Waals surface area (Å²) in [6.45, 7) is 1.46. The molecule has 0 atom stereocenters. The van der Waals surface area contributed by atoms with Crippen molar-refractivity contribution < 1.29 is 18.0 Å². The summed E-state index contributed by atoms with van der Waals surface area (Å²) in [6.07, 6.45) is -2.39. The number of carbonyl (C=O) groups is 1. The van der Waals surface area contributed by atoms with Crippen LogP contribution in [0, 0.1) is 6.92 Å². The predicted octanol–water partition coefficient (Wildman–Crippen LogP) is 5.43. The van der Waals surface area contributed by atoms with Gasteiger partial charge in [0, 0.05) is 21.3 Å². The molecule has 0 unspecified atom stereocenters. The minimum absolute atomic E-state index is 0.126. The Morgan fingerprint density at radius 3 is 2.45 bits per heavy atom. The molecule has 0 aliphatic carbocycles. The summed E-state index contributed by atoms with van der Waals surface area (Å²) in [7, 11) is 0. The monoisotopic (exact) mass is 509 g/mol. The van der Waals surface area contributed by atoms with Crippen LogP contribution in [0.15, 0.2) is 59.3 Å². The first-order valence-corrected chi connectivity index (χ1v) is 9.96. The summed E-state index contributed by atoms with van der Waals surface area (Å²) < 4.78 is 42.7. The number of nitrogens with zero attached hydrogens (tertiary/aromatic N) is 5. The van der Waals surface area contributed by atoms with Gasteiger partial charge in [0.2, 0.25) is 5.78 Å². The molecule has 0 bridgehead atoms. The molecule has 2 aromatic heterocycles. The molecule has 0 saturated heterocycles. The van der Waals surface area contributed by atoms with E-state index in [0.717, 1.165) is 6.20 Å². The largest absolute Gasteiger partial charge is 0.434 e. The maximum Gasteiger partial charge on any atom is 0.434 e. The summed E-state index contributed by atoms with van der Waals surface area (Å²) in [4.78, 5) is 16.6. The zero-order valence-corrected chi connectivity index (χ0v) is 18.1. The number of alkyl halides is 3. The van der Waals surface area contributed by atoms with Crippen molar-refractivity contribution in [3.8, 4) is 11.4 Å². The van der Waals surface area contributed by atoms with Crippen LogP contribution < -0.4 is 0 Å². The quantitative estimate of drug-likeness (QED) is 0.344. The lowest BCUT2D eigenvalue weighted by atomic mass is 10.1. The maximum atomic E-state index is 13.2. The van der Waals surface area contributed by atoms with Gasteiger partial charge in [0.05, 0.1) is 17.6 Å². The molecular formula is C20H12BrClF3N5O. The molecule has 6 nitrogen and oxygen atoms in total. The van der Waals surface area contributed by atoms with E-state index in [1.165, 1.54) is 22.4 Å². The molecule has 0 amide bonds. The third-order valence-corrected chi connectivity index (χ3v) is 5.23. The number of carbonyl (C=O) groups excluding carboxylic acids is 1. The third kappa shape index (κ3) is 4.13. The Balaban J connectivity index is 1.86. The Morgan fingerprint density at radius 1 is 1.10 bits per heavy atom. The molecule has 4 rings (SSSR count). The average Bonchev–Trinajstić information content (AvgIpc) is 3.35. The number of halogens is 5. The van der Waals surface area contributed by atoms with Gasteiger partial charge in [0.1, 0.15) is 11.5 Å². The van der Waals surface area contributed by atoms with E-state index in [1.807, 2.05) is 0 Å². The second-order valence-electron chi connectivity index (χ2n) is 6.54. The smallest absolute Gasteiger partial charge is 0.301 e. The topological polar surface area (TPSA) is 65.6 Å². The number of benzene rings is 2. The van der Waals surface area contributed by atoms with Crippen LogP contribution in [0.1, 0.15) is 27.6 Å². The van der Waals surface area contributed by atoms with E-state index in [2.05, 4.69) is 31.2 Å². The van der Waals surface area contributed by atoms with Gasteiger partial charge in [0.15, 0.2) is 5.69 Å². The SMILES string of the molecule is Cc1nc(C(F)(F)F)cn1-c1ccc(Br)cc1-n1nncc1C(=O)c1ccc(Cl)cc1. The van der Waals surface area contributed by atoms with E-state index >= 15 is 0 Å². The fourth-order valence-corrected chi connectivity index (χ4v) is 3.52. The summed E-state index contributed by atoms with van der Waals surface area (Å²) in [5.41, 5.74) is 0.172. The molecule has 0 N–H and O–H groups in total. The van der Waals surface area contributed by atoms with Gasteiger partial charge in [0.25, 0.3) is 0 Å². The van der Waals surface area contributed by atoms with Crippen molar-refractivity contribution in [2.45, 2.75) is 13.1 Å². The molecule has 0 fully saturated rings. The lowest BCUT2D eigenvalue weighted by Crippen LogP contribution is -2.13. The molecule has 2 aromatic carbocycles. The van der Waals surface area contributed by atoms with Crippen LogP contribution in [0.2, 0.25) is 5.02 Å². The molecule has 0 aliphatic heterocycles. The molecule has 11 heteroatoms. The number of aryl methyl sites for hydroxylation is 1. The Morgan fingerprint density at radius 2 is 1.81 bits per heavy atom. The number of hydrogen-bond acceptors (Lipinski definition) is 4. The van der Waals surface area contributed by atoms with Gasteiger partial charge < -0.3 is 4.57 Å². The first-order chi connectivity index (χ1) is 14.6. The second kappa shape index (κ2) is 7.93. The summed E-state index contributed by atoms with van der Waals surface area (Å²) in [6, 6.07) is 11.2. The standard InChI is InChI=1S/C20H12BrClF3N5O/c1-11-27-18(20(23,24)25)10-29(11)15-7-4-13(21)8-16(15)30-17(9-26-28-30)19(31)12-2-5-14(22)6-3-12/h2-10H,1H3. The average molecular weight is 511 g/mol. The zero-order valence-electron chi connectivity index (χ0n) is 15.7. The van der Waals surface area contributed by atoms with Gasteiger partial charge in [-0.3, -0.25) is 4.79 Å². The van der Waals surface area contributed by atoms with Crippen LogP contribution in [0.4, 0.5) is 13.2 Å². The van der Waals surface area contributed by atoms with Crippen molar-refractivity contribution in [2.24, 2.45) is 0 Å². The van der Waals surface area contributed by atoms with Crippen molar-refractivity contribution in [2.75, 3.05) is 0 Å². The molecule has 2 heterocycles. The number of ketones is 1. The maximum absolute atomic E-state index is 13.2. The van der Waals surface area contributed by atoms with E-state index in [9.17, 15) is 18.0 Å². The molecule has 0 aliphatic rings. The third-order valence-electron chi connectivity index (χ3n) is 4.49. The van der Waals surface area contributed by atoms with Crippen LogP contribution in [-0.2, 0) is 6.18 Å². The Hall–Kier alpha value is -2.98. The highest BCUT2D eigenvalue weighted by Crippen LogP contribution is 2.31. The van der Waals surface area contributed by atoms with E-state index in [4.69, 9.17) is 11.6 Å². The van der Waals surface area contributed by atoms with Crippen LogP contribution in [0.3, 0.4) is 0 Å². The van der Waals surface area contributed by atoms with Gasteiger partial charge in [-0.25, -0.2) is 9.67 Å². The fraction of sp³-hybridized carbons (Fsp3) is 0.100. The van der Waals surface area contributed by atoms with Gasteiger partial charge in [-0.05, 0) is 49.4 Å². The van der Waals surface area contributed by atoms with E-state index in [-0.39, 0.29) is 17.3 Å². The Bertz CT molecular complexity index is 1280. The lowest BCUT2D eigenvalue weighted by Gasteiger charge is -2.14. The molecule has 0 saturated carbocycles. The predicted molar refractivity (Wildman–Crippen MR) is 111 cm³/mol. The molecule has 4 aromatic rings. The van der Waals surface area contributed by atoms with Crippen molar-refractivity contribution in [1.82, 2.24) is 24.5 Å². The molecule has 0 spiro atoms. The Labute approximate surface area is 187 Å². The first kappa shape index (κ1) is 21.3. The van der Waals surface area contributed by atoms with Crippen LogP contribution in [-0.4, -0.2) is 30.3 Å². The van der Waals surface area contributed by atoms with E-state index in [1.54, 1.807) is 42.5 Å². The van der Waals surface area contributed by atoms with Crippen molar-refractivity contribution >= 4 is 33.3 Å². The van der Waals surface area contributed by atoms with Crippen molar-refractivity contribution in [3.05, 3.63) is 87.1 Å². The van der Waals surface area contributed by atoms with Crippen LogP contribution in [0.5, 0.6) is 0 Å². The summed E-state index contributed by atoms with van der Waals surface area (Å²) in [5.74, 6) is -0.243. The normalized spacial score (nSPS) is 11.7. The van der Waals surface area contributed by atoms with Gasteiger partial charge in [-0.15, -0.1) is 5.10 Å². The van der Waals surface area contributed by atoms with Gasteiger partial charge in [-0.2, -0.15) is 13.2 Å². The summed E-state index contributed by atoms with van der Waals surface area (Å²) >= 11 is 9.25. The number of hydrogen-bond donors (Lipinski definition) is 0. The molecule has 31 heavy (non-hydrogen) atoms. The highest BCUT2D eigenvalue weighted by molar-refractivity contribution is 9.10. The summed E-state index contributed by atoms with van der Waals surface area (Å²) in [5, 5.41) is 8.33.